The van der Waals surface area contributed by atoms with E-state index in [1.165, 1.54) is 38.5 Å². The molecule has 0 bridgehead atoms. The van der Waals surface area contributed by atoms with Gasteiger partial charge >= 0.3 is 12.0 Å². The third-order valence-corrected chi connectivity index (χ3v) is 4.96. The molecule has 162 valence electrons. The van der Waals surface area contributed by atoms with Crippen molar-refractivity contribution in [3.05, 3.63) is 35.9 Å². The molecule has 0 aliphatic carbocycles. The van der Waals surface area contributed by atoms with Gasteiger partial charge in [-0.2, -0.15) is 9.97 Å². The molecule has 0 radical (unpaired) electrons. The van der Waals surface area contributed by atoms with Crippen molar-refractivity contribution < 1.29 is 36.6 Å². The molecule has 0 saturated heterocycles. The number of benzene rings is 1. The van der Waals surface area contributed by atoms with E-state index in [0.29, 0.717) is 0 Å². The van der Waals surface area contributed by atoms with E-state index in [4.69, 9.17) is 14.2 Å². The molecule has 2 N–H and O–H groups in total. The number of sulfonamides is 1. The number of ether oxygens (including phenoxy) is 3. The number of nitrogens with zero attached hydrogens (tertiary/aromatic N) is 2. The van der Waals surface area contributed by atoms with Gasteiger partial charge in [-0.3, -0.25) is 10.1 Å². The van der Waals surface area contributed by atoms with Crippen LogP contribution < -0.4 is 19.5 Å². The number of anilines is 1. The zero-order valence-electron chi connectivity index (χ0n) is 16.2. The maximum atomic E-state index is 13.4. The Morgan fingerprint density at radius 3 is 2.27 bits per heavy atom. The summed E-state index contributed by atoms with van der Waals surface area (Å²) in [4.78, 5) is 30.6. The molecule has 0 fully saturated rings. The molecule has 1 aromatic heterocycles. The van der Waals surface area contributed by atoms with Crippen LogP contribution in [0.3, 0.4) is 0 Å². The number of nitrogens with one attached hydrogen (secondary N) is 2. The predicted molar refractivity (Wildman–Crippen MR) is 101 cm³/mol. The molecule has 2 rings (SSSR count). The lowest BCUT2D eigenvalue weighted by atomic mass is 10.1. The Morgan fingerprint density at radius 1 is 1.13 bits per heavy atom. The Bertz CT molecular complexity index is 1010. The highest BCUT2D eigenvalue weighted by molar-refractivity contribution is 7.90. The van der Waals surface area contributed by atoms with Gasteiger partial charge in [-0.25, -0.2) is 22.3 Å². The Morgan fingerprint density at radius 2 is 1.73 bits per heavy atom. The van der Waals surface area contributed by atoms with Crippen LogP contribution in [-0.4, -0.2) is 51.3 Å². The van der Waals surface area contributed by atoms with Gasteiger partial charge in [-0.1, -0.05) is 18.2 Å². The van der Waals surface area contributed by atoms with Crippen LogP contribution in [-0.2, 0) is 19.6 Å². The van der Waals surface area contributed by atoms with E-state index in [-0.39, 0.29) is 23.3 Å². The van der Waals surface area contributed by atoms with E-state index in [1.54, 1.807) is 4.72 Å². The Kier molecular flexibility index (Phi) is 7.47. The third kappa shape index (κ3) is 5.76. The van der Waals surface area contributed by atoms with E-state index >= 15 is 0 Å². The van der Waals surface area contributed by atoms with Crippen molar-refractivity contribution in [2.75, 3.05) is 26.2 Å². The standard InChI is InChI=1S/C17H19FN4O7S/c1-10(23)29-12(9-18)11-6-4-5-7-13(11)30(25,26)22-17(24)21-16-19-14(27-2)8-15(20-16)28-3/h4-8,12H,9H2,1-3H3,(H2,19,20,21,22,24). The van der Waals surface area contributed by atoms with Crippen molar-refractivity contribution in [2.45, 2.75) is 17.9 Å². The number of amides is 2. The second-order valence-corrected chi connectivity index (χ2v) is 7.28. The highest BCUT2D eigenvalue weighted by Crippen LogP contribution is 2.26. The minimum absolute atomic E-state index is 0.0671. The molecule has 1 unspecified atom stereocenters. The van der Waals surface area contributed by atoms with Gasteiger partial charge in [0, 0.05) is 12.5 Å². The van der Waals surface area contributed by atoms with Gasteiger partial charge < -0.3 is 14.2 Å². The molecule has 0 spiro atoms. The average molecular weight is 442 g/mol. The second-order valence-electron chi connectivity index (χ2n) is 5.63. The minimum atomic E-state index is -4.47. The molecule has 11 nitrogen and oxygen atoms in total. The fraction of sp³-hybridized carbons (Fsp3) is 0.294. The zero-order chi connectivity index (χ0) is 22.3. The number of halogens is 1. The first kappa shape index (κ1) is 22.8. The molecular weight excluding hydrogens is 423 g/mol. The van der Waals surface area contributed by atoms with Gasteiger partial charge in [-0.05, 0) is 6.07 Å². The molecule has 1 heterocycles. The van der Waals surface area contributed by atoms with Crippen LogP contribution >= 0.6 is 0 Å². The molecule has 1 atom stereocenters. The van der Waals surface area contributed by atoms with Crippen molar-refractivity contribution in [3.63, 3.8) is 0 Å². The van der Waals surface area contributed by atoms with Crippen LogP contribution in [0.1, 0.15) is 18.6 Å². The highest BCUT2D eigenvalue weighted by atomic mass is 32.2. The predicted octanol–water partition coefficient (Wildman–Crippen LogP) is 1.58. The van der Waals surface area contributed by atoms with E-state index in [2.05, 4.69) is 15.3 Å². The fourth-order valence-corrected chi connectivity index (χ4v) is 3.52. The molecule has 0 aliphatic heterocycles. The zero-order valence-corrected chi connectivity index (χ0v) is 17.0. The number of hydrogen-bond acceptors (Lipinski definition) is 9. The molecular formula is C17H19FN4O7S. The van der Waals surface area contributed by atoms with E-state index in [9.17, 15) is 22.4 Å². The molecule has 30 heavy (non-hydrogen) atoms. The van der Waals surface area contributed by atoms with Crippen LogP contribution in [0.2, 0.25) is 0 Å². The van der Waals surface area contributed by atoms with E-state index < -0.39 is 39.7 Å². The smallest absolute Gasteiger partial charge is 0.335 e. The molecule has 13 heteroatoms. The number of rotatable bonds is 8. The molecule has 2 amide bonds. The minimum Gasteiger partial charge on any atom is -0.481 e. The summed E-state index contributed by atoms with van der Waals surface area (Å²) in [5.41, 5.74) is -0.130. The van der Waals surface area contributed by atoms with Crippen molar-refractivity contribution in [2.24, 2.45) is 0 Å². The SMILES string of the molecule is COc1cc(OC)nc(NC(=O)NS(=O)(=O)c2ccccc2C(CF)OC(C)=O)n1. The molecule has 1 aromatic carbocycles. The third-order valence-electron chi connectivity index (χ3n) is 3.55. The molecule has 2 aromatic rings. The summed E-state index contributed by atoms with van der Waals surface area (Å²) in [7, 11) is -1.81. The fourth-order valence-electron chi connectivity index (χ4n) is 2.34. The Labute approximate surface area is 171 Å². The number of hydrogen-bond donors (Lipinski definition) is 2. The van der Waals surface area contributed by atoms with Crippen LogP contribution in [0.4, 0.5) is 15.1 Å². The van der Waals surface area contributed by atoms with Gasteiger partial charge in [0.05, 0.1) is 25.2 Å². The average Bonchev–Trinajstić information content (AvgIpc) is 2.70. The first-order chi connectivity index (χ1) is 14.2. The van der Waals surface area contributed by atoms with Crippen molar-refractivity contribution >= 4 is 28.0 Å². The monoisotopic (exact) mass is 442 g/mol. The van der Waals surface area contributed by atoms with E-state index in [1.807, 2.05) is 0 Å². The van der Waals surface area contributed by atoms with Crippen molar-refractivity contribution in [1.82, 2.24) is 14.7 Å². The summed E-state index contributed by atoms with van der Waals surface area (Å²) in [5.74, 6) is -0.941. The quantitative estimate of drug-likeness (QED) is 0.582. The lowest BCUT2D eigenvalue weighted by Crippen LogP contribution is -2.35. The van der Waals surface area contributed by atoms with Crippen LogP contribution in [0.25, 0.3) is 0 Å². The second kappa shape index (κ2) is 9.82. The van der Waals surface area contributed by atoms with Crippen LogP contribution in [0.5, 0.6) is 11.8 Å². The number of aromatic nitrogens is 2. The lowest BCUT2D eigenvalue weighted by molar-refractivity contribution is -0.147. The highest BCUT2D eigenvalue weighted by Gasteiger charge is 2.27. The maximum Gasteiger partial charge on any atom is 0.335 e. The summed E-state index contributed by atoms with van der Waals surface area (Å²) in [6, 6.07) is 5.39. The number of urea groups is 1. The Balaban J connectivity index is 2.27. The summed E-state index contributed by atoms with van der Waals surface area (Å²) in [5, 5.41) is 2.14. The summed E-state index contributed by atoms with van der Waals surface area (Å²) in [6.45, 7) is -0.0936. The topological polar surface area (TPSA) is 146 Å². The van der Waals surface area contributed by atoms with Gasteiger partial charge in [0.2, 0.25) is 17.7 Å². The van der Waals surface area contributed by atoms with Crippen molar-refractivity contribution in [1.29, 1.82) is 0 Å². The van der Waals surface area contributed by atoms with Gasteiger partial charge in [-0.15, -0.1) is 0 Å². The van der Waals surface area contributed by atoms with Crippen LogP contribution in [0.15, 0.2) is 35.2 Å². The number of esters is 1. The number of carbonyl (C=O) groups is 2. The Hall–Kier alpha value is -3.48. The summed E-state index contributed by atoms with van der Waals surface area (Å²) >= 11 is 0. The maximum absolute atomic E-state index is 13.4. The van der Waals surface area contributed by atoms with Gasteiger partial charge in [0.1, 0.15) is 6.67 Å². The number of carbonyl (C=O) groups excluding carboxylic acids is 2. The largest absolute Gasteiger partial charge is 0.481 e. The molecule has 0 aliphatic rings. The summed E-state index contributed by atoms with van der Waals surface area (Å²) < 4.78 is 55.2. The first-order valence-electron chi connectivity index (χ1n) is 8.33. The molecule has 0 saturated carbocycles. The van der Waals surface area contributed by atoms with Gasteiger partial charge in [0.25, 0.3) is 10.0 Å². The first-order valence-corrected chi connectivity index (χ1v) is 9.81. The lowest BCUT2D eigenvalue weighted by Gasteiger charge is -2.18. The van der Waals surface area contributed by atoms with E-state index in [0.717, 1.165) is 13.0 Å². The summed E-state index contributed by atoms with van der Waals surface area (Å²) in [6.07, 6.45) is -1.45. The number of alkyl halides is 1. The van der Waals surface area contributed by atoms with Crippen molar-refractivity contribution in [3.8, 4) is 11.8 Å². The number of methoxy groups -OCH3 is 2. The van der Waals surface area contributed by atoms with Gasteiger partial charge in [0.15, 0.2) is 6.10 Å². The normalized spacial score (nSPS) is 11.9. The van der Waals surface area contributed by atoms with Crippen LogP contribution in [0, 0.1) is 0 Å².